The molecule has 0 aromatic carbocycles. The second kappa shape index (κ2) is 7.89. The van der Waals surface area contributed by atoms with Gasteiger partial charge in [0.15, 0.2) is 0 Å². The number of nitrogens with two attached hydrogens (primary N) is 1. The largest absolute Gasteiger partial charge is 0.326 e. The van der Waals surface area contributed by atoms with Crippen LogP contribution in [0.5, 0.6) is 0 Å². The van der Waals surface area contributed by atoms with Gasteiger partial charge in [-0.05, 0) is 41.8 Å². The van der Waals surface area contributed by atoms with Gasteiger partial charge < -0.3 is 5.73 Å². The number of nitrogens with zero attached hydrogens (tertiary/aromatic N) is 1. The minimum Gasteiger partial charge on any atom is -0.326 e. The van der Waals surface area contributed by atoms with Crippen molar-refractivity contribution >= 4 is 37.3 Å². The summed E-state index contributed by atoms with van der Waals surface area (Å²) in [7, 11) is -3.46. The van der Waals surface area contributed by atoms with Gasteiger partial charge in [-0.3, -0.25) is 0 Å². The maximum Gasteiger partial charge on any atom is 0.245 e. The van der Waals surface area contributed by atoms with Gasteiger partial charge in [0.2, 0.25) is 10.0 Å². The second-order valence-electron chi connectivity index (χ2n) is 4.78. The Balaban J connectivity index is 3.17. The quantitative estimate of drug-likeness (QED) is 0.747. The molecule has 20 heavy (non-hydrogen) atoms. The Hall–Kier alpha value is 0.0500. The van der Waals surface area contributed by atoms with Gasteiger partial charge in [0.25, 0.3) is 0 Å². The number of halogens is 1. The third kappa shape index (κ3) is 4.04. The van der Waals surface area contributed by atoms with Crippen molar-refractivity contribution in [1.29, 1.82) is 0 Å². The van der Waals surface area contributed by atoms with Crippen molar-refractivity contribution < 1.29 is 8.42 Å². The molecule has 0 aliphatic heterocycles. The smallest absolute Gasteiger partial charge is 0.245 e. The van der Waals surface area contributed by atoms with E-state index in [2.05, 4.69) is 22.9 Å². The van der Waals surface area contributed by atoms with Crippen LogP contribution < -0.4 is 5.73 Å². The fraction of sp³-hybridized carbons (Fsp3) is 0.692. The first-order valence-electron chi connectivity index (χ1n) is 6.88. The van der Waals surface area contributed by atoms with Gasteiger partial charge in [0, 0.05) is 24.0 Å². The van der Waals surface area contributed by atoms with Gasteiger partial charge in [0.05, 0.1) is 3.79 Å². The summed E-state index contributed by atoms with van der Waals surface area (Å²) in [5.41, 5.74) is 5.60. The summed E-state index contributed by atoms with van der Waals surface area (Å²) in [6, 6.07) is 1.69. The number of sulfonamides is 1. The Morgan fingerprint density at radius 2 is 2.10 bits per heavy atom. The summed E-state index contributed by atoms with van der Waals surface area (Å²) in [5.74, 6) is 0. The van der Waals surface area contributed by atoms with Crippen LogP contribution in [0.4, 0.5) is 0 Å². The molecule has 0 amide bonds. The Morgan fingerprint density at radius 3 is 2.55 bits per heavy atom. The van der Waals surface area contributed by atoms with Crippen LogP contribution >= 0.6 is 27.3 Å². The predicted molar refractivity (Wildman–Crippen MR) is 88.5 cm³/mol. The molecule has 0 saturated heterocycles. The topological polar surface area (TPSA) is 63.4 Å². The summed E-state index contributed by atoms with van der Waals surface area (Å²) in [4.78, 5) is 1.22. The number of hydrogen-bond donors (Lipinski definition) is 1. The fourth-order valence-corrected chi connectivity index (χ4v) is 6.15. The zero-order valence-electron chi connectivity index (χ0n) is 12.2. The minimum atomic E-state index is -3.46. The average molecular weight is 383 g/mol. The van der Waals surface area contributed by atoms with Crippen LogP contribution in [-0.4, -0.2) is 25.3 Å². The van der Waals surface area contributed by atoms with Gasteiger partial charge in [-0.25, -0.2) is 8.42 Å². The molecular formula is C13H23BrN2O2S2. The van der Waals surface area contributed by atoms with Gasteiger partial charge >= 0.3 is 0 Å². The third-order valence-electron chi connectivity index (χ3n) is 3.31. The molecule has 0 aliphatic rings. The van der Waals surface area contributed by atoms with Gasteiger partial charge in [-0.15, -0.1) is 11.3 Å². The molecule has 4 nitrogen and oxygen atoms in total. The standard InChI is InChI=1S/C13H23BrN2O2S2/c1-4-6-7-16(10(3)5-2)20(17,18)12-8-11(9-15)19-13(12)14/h8,10H,4-7,9,15H2,1-3H3. The van der Waals surface area contributed by atoms with Crippen molar-refractivity contribution in [3.8, 4) is 0 Å². The molecule has 0 aliphatic carbocycles. The van der Waals surface area contributed by atoms with E-state index in [4.69, 9.17) is 5.73 Å². The highest BCUT2D eigenvalue weighted by molar-refractivity contribution is 9.11. The van der Waals surface area contributed by atoms with E-state index in [-0.39, 0.29) is 6.04 Å². The molecule has 0 radical (unpaired) electrons. The van der Waals surface area contributed by atoms with Gasteiger partial charge in [0.1, 0.15) is 4.90 Å². The molecule has 1 aromatic heterocycles. The SMILES string of the molecule is CCCCN(C(C)CC)S(=O)(=O)c1cc(CN)sc1Br. The molecular weight excluding hydrogens is 360 g/mol. The van der Waals surface area contributed by atoms with E-state index in [1.54, 1.807) is 10.4 Å². The molecule has 1 rings (SSSR count). The maximum absolute atomic E-state index is 12.9. The van der Waals surface area contributed by atoms with E-state index in [9.17, 15) is 8.42 Å². The van der Waals surface area contributed by atoms with Crippen LogP contribution in [0.2, 0.25) is 0 Å². The van der Waals surface area contributed by atoms with Crippen LogP contribution in [0, 0.1) is 0 Å². The molecule has 1 unspecified atom stereocenters. The van der Waals surface area contributed by atoms with Crippen molar-refractivity contribution in [2.75, 3.05) is 6.54 Å². The lowest BCUT2D eigenvalue weighted by Gasteiger charge is -2.27. The maximum atomic E-state index is 12.9. The molecule has 0 fully saturated rings. The lowest BCUT2D eigenvalue weighted by molar-refractivity contribution is 0.324. The first-order valence-corrected chi connectivity index (χ1v) is 9.93. The molecule has 1 atom stereocenters. The summed E-state index contributed by atoms with van der Waals surface area (Å²) in [6.45, 7) is 6.95. The van der Waals surface area contributed by atoms with E-state index in [1.807, 2.05) is 13.8 Å². The van der Waals surface area contributed by atoms with E-state index < -0.39 is 10.0 Å². The van der Waals surface area contributed by atoms with Crippen LogP contribution in [0.1, 0.15) is 44.9 Å². The van der Waals surface area contributed by atoms with Crippen molar-refractivity contribution in [2.45, 2.75) is 57.5 Å². The monoisotopic (exact) mass is 382 g/mol. The van der Waals surface area contributed by atoms with Gasteiger partial charge in [-0.1, -0.05) is 20.3 Å². The second-order valence-corrected chi connectivity index (χ2v) is 9.09. The predicted octanol–water partition coefficient (Wildman–Crippen LogP) is 3.56. The van der Waals surface area contributed by atoms with Crippen LogP contribution in [0.3, 0.4) is 0 Å². The van der Waals surface area contributed by atoms with E-state index in [1.165, 1.54) is 11.3 Å². The van der Waals surface area contributed by atoms with E-state index >= 15 is 0 Å². The molecule has 0 bridgehead atoms. The molecule has 0 spiro atoms. The van der Waals surface area contributed by atoms with Crippen molar-refractivity contribution in [3.05, 3.63) is 14.7 Å². The molecule has 7 heteroatoms. The summed E-state index contributed by atoms with van der Waals surface area (Å²) < 4.78 is 28.0. The number of unbranched alkanes of at least 4 members (excludes halogenated alkanes) is 1. The first kappa shape index (κ1) is 18.1. The first-order chi connectivity index (χ1) is 9.38. The fourth-order valence-electron chi connectivity index (χ4n) is 1.90. The third-order valence-corrected chi connectivity index (χ3v) is 7.60. The van der Waals surface area contributed by atoms with Crippen LogP contribution in [-0.2, 0) is 16.6 Å². The van der Waals surface area contributed by atoms with Crippen LogP contribution in [0.15, 0.2) is 14.7 Å². The molecule has 116 valence electrons. The van der Waals surface area contributed by atoms with Gasteiger partial charge in [-0.2, -0.15) is 4.31 Å². The minimum absolute atomic E-state index is 0.000300. The highest BCUT2D eigenvalue weighted by Crippen LogP contribution is 2.34. The normalized spacial score (nSPS) is 13.9. The number of hydrogen-bond acceptors (Lipinski definition) is 4. The Bertz CT molecular complexity index is 528. The zero-order chi connectivity index (χ0) is 15.3. The highest BCUT2D eigenvalue weighted by atomic mass is 79.9. The molecule has 1 aromatic rings. The molecule has 1 heterocycles. The van der Waals surface area contributed by atoms with Crippen molar-refractivity contribution in [1.82, 2.24) is 4.31 Å². The lowest BCUT2D eigenvalue weighted by Crippen LogP contribution is -2.39. The number of rotatable bonds is 8. The summed E-state index contributed by atoms with van der Waals surface area (Å²) in [5, 5.41) is 0. The summed E-state index contributed by atoms with van der Waals surface area (Å²) in [6.07, 6.45) is 2.64. The molecule has 0 saturated carbocycles. The van der Waals surface area contributed by atoms with E-state index in [0.717, 1.165) is 24.1 Å². The Labute approximate surface area is 134 Å². The van der Waals surface area contributed by atoms with Crippen LogP contribution in [0.25, 0.3) is 0 Å². The lowest BCUT2D eigenvalue weighted by atomic mass is 10.2. The average Bonchev–Trinajstić information content (AvgIpc) is 2.80. The summed E-state index contributed by atoms with van der Waals surface area (Å²) >= 11 is 4.75. The molecule has 2 N–H and O–H groups in total. The van der Waals surface area contributed by atoms with E-state index in [0.29, 0.717) is 21.8 Å². The Morgan fingerprint density at radius 1 is 1.45 bits per heavy atom. The highest BCUT2D eigenvalue weighted by Gasteiger charge is 2.30. The Kier molecular flexibility index (Phi) is 7.14. The van der Waals surface area contributed by atoms with Crippen molar-refractivity contribution in [2.24, 2.45) is 5.73 Å². The zero-order valence-corrected chi connectivity index (χ0v) is 15.4. The van der Waals surface area contributed by atoms with Crippen molar-refractivity contribution in [3.63, 3.8) is 0 Å². The number of thiophene rings is 1.